The molecule has 0 amide bonds. The molecule has 0 aromatic heterocycles. The lowest BCUT2D eigenvalue weighted by molar-refractivity contribution is -0.161. The second-order valence-electron chi connectivity index (χ2n) is 13.7. The van der Waals surface area contributed by atoms with Crippen molar-refractivity contribution in [2.45, 2.75) is 155 Å². The number of allylic oxidation sites excluding steroid dienone is 11. The van der Waals surface area contributed by atoms with E-state index in [1.54, 1.807) is 12.2 Å². The number of aliphatic hydroxyl groups excluding tert-OH is 3. The van der Waals surface area contributed by atoms with Crippen LogP contribution in [0.15, 0.2) is 72.9 Å². The van der Waals surface area contributed by atoms with E-state index < -0.39 is 64.5 Å². The summed E-state index contributed by atoms with van der Waals surface area (Å²) in [6, 6.07) is 0. The van der Waals surface area contributed by atoms with Gasteiger partial charge >= 0.3 is 19.8 Å². The van der Waals surface area contributed by atoms with Gasteiger partial charge in [0.05, 0.1) is 25.9 Å². The van der Waals surface area contributed by atoms with Gasteiger partial charge in [-0.15, -0.1) is 0 Å². The molecular formula is C43H73O11P. The first-order valence-corrected chi connectivity index (χ1v) is 21.9. The minimum atomic E-state index is -4.69. The van der Waals surface area contributed by atoms with Gasteiger partial charge in [0.1, 0.15) is 12.7 Å². The van der Waals surface area contributed by atoms with Crippen LogP contribution in [0, 0.1) is 5.92 Å². The molecule has 3 unspecified atom stereocenters. The van der Waals surface area contributed by atoms with Gasteiger partial charge in [0.2, 0.25) is 0 Å². The molecular weight excluding hydrogens is 723 g/mol. The molecule has 0 bridgehead atoms. The first-order chi connectivity index (χ1) is 26.5. The van der Waals surface area contributed by atoms with Crippen LogP contribution >= 0.6 is 7.82 Å². The third-order valence-corrected chi connectivity index (χ3v) is 9.48. The lowest BCUT2D eigenvalue weighted by Gasteiger charge is -2.20. The predicted molar refractivity (Wildman–Crippen MR) is 220 cm³/mol. The molecule has 0 spiro atoms. The van der Waals surface area contributed by atoms with Crippen molar-refractivity contribution in [3.05, 3.63) is 72.9 Å². The van der Waals surface area contributed by atoms with Crippen molar-refractivity contribution >= 4 is 19.8 Å². The first-order valence-electron chi connectivity index (χ1n) is 20.4. The van der Waals surface area contributed by atoms with E-state index >= 15 is 0 Å². The second-order valence-corrected chi connectivity index (χ2v) is 15.2. The number of esters is 2. The number of hydrogen-bond donors (Lipinski definition) is 4. The van der Waals surface area contributed by atoms with E-state index in [-0.39, 0.29) is 19.3 Å². The Labute approximate surface area is 331 Å². The molecule has 0 aromatic carbocycles. The highest BCUT2D eigenvalue weighted by molar-refractivity contribution is 7.47. The molecule has 0 fully saturated rings. The van der Waals surface area contributed by atoms with E-state index in [1.807, 2.05) is 12.2 Å². The zero-order valence-electron chi connectivity index (χ0n) is 33.9. The number of carbonyl (C=O) groups excluding carboxylic acids is 2. The van der Waals surface area contributed by atoms with Crippen LogP contribution in [-0.2, 0) is 32.7 Å². The van der Waals surface area contributed by atoms with Crippen molar-refractivity contribution in [3.8, 4) is 0 Å². The Morgan fingerprint density at radius 2 is 1.20 bits per heavy atom. The van der Waals surface area contributed by atoms with Gasteiger partial charge in [0.15, 0.2) is 6.10 Å². The lowest BCUT2D eigenvalue weighted by Crippen LogP contribution is -2.30. The van der Waals surface area contributed by atoms with Gasteiger partial charge in [-0.25, -0.2) is 4.57 Å². The third-order valence-electron chi connectivity index (χ3n) is 8.53. The number of unbranched alkanes of at least 4 members (excludes halogenated alkanes) is 7. The first kappa shape index (κ1) is 52.4. The summed E-state index contributed by atoms with van der Waals surface area (Å²) in [6.07, 6.45) is 36.4. The van der Waals surface area contributed by atoms with Crippen molar-refractivity contribution in [1.82, 2.24) is 0 Å². The minimum absolute atomic E-state index is 0.0616. The zero-order chi connectivity index (χ0) is 40.8. The van der Waals surface area contributed by atoms with E-state index in [0.717, 1.165) is 57.3 Å². The smallest absolute Gasteiger partial charge is 0.462 e. The van der Waals surface area contributed by atoms with Gasteiger partial charge in [-0.3, -0.25) is 18.6 Å². The van der Waals surface area contributed by atoms with Gasteiger partial charge in [-0.05, 0) is 50.9 Å². The van der Waals surface area contributed by atoms with Crippen LogP contribution in [0.5, 0.6) is 0 Å². The average Bonchev–Trinajstić information content (AvgIpc) is 3.17. The summed E-state index contributed by atoms with van der Waals surface area (Å²) < 4.78 is 32.4. The highest BCUT2D eigenvalue weighted by atomic mass is 31.2. The molecule has 12 heteroatoms. The molecule has 316 valence electrons. The van der Waals surface area contributed by atoms with Crippen LogP contribution in [0.25, 0.3) is 0 Å². The molecule has 11 nitrogen and oxygen atoms in total. The Morgan fingerprint density at radius 1 is 0.655 bits per heavy atom. The van der Waals surface area contributed by atoms with E-state index in [9.17, 15) is 29.3 Å². The molecule has 0 aliphatic carbocycles. The van der Waals surface area contributed by atoms with Crippen LogP contribution in [0.1, 0.15) is 136 Å². The van der Waals surface area contributed by atoms with E-state index in [0.29, 0.717) is 6.42 Å². The van der Waals surface area contributed by atoms with Crippen molar-refractivity contribution in [2.24, 2.45) is 5.92 Å². The molecule has 0 radical (unpaired) electrons. The second kappa shape index (κ2) is 37.0. The molecule has 0 saturated carbocycles. The molecule has 5 atom stereocenters. The molecule has 55 heavy (non-hydrogen) atoms. The van der Waals surface area contributed by atoms with Crippen LogP contribution in [0.2, 0.25) is 0 Å². The molecule has 0 heterocycles. The number of phosphoric acid groups is 1. The van der Waals surface area contributed by atoms with Gasteiger partial charge in [0.25, 0.3) is 0 Å². The van der Waals surface area contributed by atoms with Gasteiger partial charge in [0, 0.05) is 12.8 Å². The van der Waals surface area contributed by atoms with Crippen molar-refractivity contribution in [2.75, 3.05) is 26.4 Å². The maximum absolute atomic E-state index is 12.6. The number of aliphatic hydroxyl groups is 3. The summed E-state index contributed by atoms with van der Waals surface area (Å²) in [5.74, 6) is -0.418. The molecule has 0 aromatic rings. The van der Waals surface area contributed by atoms with E-state index in [4.69, 9.17) is 19.1 Å². The number of ether oxygens (including phenoxy) is 2. The highest BCUT2D eigenvalue weighted by Gasteiger charge is 2.27. The van der Waals surface area contributed by atoms with Gasteiger partial charge < -0.3 is 29.7 Å². The van der Waals surface area contributed by atoms with Crippen LogP contribution in [-0.4, -0.2) is 76.9 Å². The Hall–Kier alpha value is -2.63. The van der Waals surface area contributed by atoms with Crippen molar-refractivity contribution in [3.63, 3.8) is 0 Å². The van der Waals surface area contributed by atoms with Gasteiger partial charge in [-0.2, -0.15) is 0 Å². The summed E-state index contributed by atoms with van der Waals surface area (Å²) in [7, 11) is -4.69. The summed E-state index contributed by atoms with van der Waals surface area (Å²) in [5, 5.41) is 28.6. The Bertz CT molecular complexity index is 1180. The molecule has 0 aliphatic heterocycles. The van der Waals surface area contributed by atoms with E-state index in [2.05, 4.69) is 73.9 Å². The standard InChI is InChI=1S/C43H73O11P/c1-4-6-7-8-9-10-11-12-13-14-15-16-17-21-24-27-30-39(45)32-33-43(48)54-41(37-53-55(49,50)52-35-40(46)34-44)36-51-42(47)31-28-25-22-19-18-20-23-26-29-38(3)5-2/h6-7,9-10,12-13,15-16,21,24,27,30,38-41,44-46H,4-5,8,11,14,17-20,22-23,25-26,28-29,31-37H2,1-3H3,(H,49,50)/b7-6-,10-9-,13-12-,16-15-,24-21-,30-27-/t38?,39?,40-,41+/m0/s1. The number of carbonyl (C=O) groups is 2. The predicted octanol–water partition coefficient (Wildman–Crippen LogP) is 9.32. The maximum atomic E-state index is 12.6. The topological polar surface area (TPSA) is 169 Å². The Kier molecular flexibility index (Phi) is 35.2. The fourth-order valence-electron chi connectivity index (χ4n) is 4.96. The van der Waals surface area contributed by atoms with Crippen molar-refractivity contribution in [1.29, 1.82) is 0 Å². The molecule has 0 aliphatic rings. The summed E-state index contributed by atoms with van der Waals surface area (Å²) in [4.78, 5) is 34.9. The third kappa shape index (κ3) is 36.7. The SMILES string of the molecule is CC/C=C\C/C=C\C/C=C\C/C=C\C/C=C\C=C/C(O)CCC(=O)O[C@H](COC(=O)CCCCCCCCCCC(C)CC)COP(=O)(O)OC[C@@H](O)CO. The summed E-state index contributed by atoms with van der Waals surface area (Å²) in [6.45, 7) is 4.26. The molecule has 4 N–H and O–H groups in total. The van der Waals surface area contributed by atoms with Crippen LogP contribution < -0.4 is 0 Å². The number of phosphoric ester groups is 1. The number of hydrogen-bond acceptors (Lipinski definition) is 10. The quantitative estimate of drug-likeness (QED) is 0.0157. The normalized spacial score (nSPS) is 15.8. The van der Waals surface area contributed by atoms with Crippen LogP contribution in [0.3, 0.4) is 0 Å². The fraction of sp³-hybridized carbons (Fsp3) is 0.674. The molecule has 0 saturated heterocycles. The fourth-order valence-corrected chi connectivity index (χ4v) is 5.75. The number of rotatable bonds is 36. The average molecular weight is 797 g/mol. The maximum Gasteiger partial charge on any atom is 0.472 e. The summed E-state index contributed by atoms with van der Waals surface area (Å²) >= 11 is 0. The summed E-state index contributed by atoms with van der Waals surface area (Å²) in [5.41, 5.74) is 0. The minimum Gasteiger partial charge on any atom is -0.462 e. The zero-order valence-corrected chi connectivity index (χ0v) is 34.8. The van der Waals surface area contributed by atoms with E-state index in [1.165, 1.54) is 38.5 Å². The Balaban J connectivity index is 4.62. The van der Waals surface area contributed by atoms with Crippen LogP contribution in [0.4, 0.5) is 0 Å². The lowest BCUT2D eigenvalue weighted by atomic mass is 9.99. The highest BCUT2D eigenvalue weighted by Crippen LogP contribution is 2.43. The monoisotopic (exact) mass is 796 g/mol. The largest absolute Gasteiger partial charge is 0.472 e. The Morgan fingerprint density at radius 3 is 1.78 bits per heavy atom. The van der Waals surface area contributed by atoms with Gasteiger partial charge in [-0.1, -0.05) is 151 Å². The van der Waals surface area contributed by atoms with Crippen molar-refractivity contribution < 1.29 is 52.9 Å². The molecule has 0 rings (SSSR count).